The van der Waals surface area contributed by atoms with Crippen LogP contribution in [0.3, 0.4) is 0 Å². The number of halogens is 1. The fraction of sp³-hybridized carbons (Fsp3) is 0.211. The van der Waals surface area contributed by atoms with E-state index in [9.17, 15) is 9.18 Å². The van der Waals surface area contributed by atoms with E-state index in [2.05, 4.69) is 4.98 Å². The lowest BCUT2D eigenvalue weighted by Gasteiger charge is -2.14. The molecule has 5 nitrogen and oxygen atoms in total. The first-order valence-electron chi connectivity index (χ1n) is 8.32. The van der Waals surface area contributed by atoms with E-state index in [0.29, 0.717) is 45.7 Å². The van der Waals surface area contributed by atoms with Crippen LogP contribution < -0.4 is 9.47 Å². The molecule has 1 aromatic carbocycles. The van der Waals surface area contributed by atoms with Gasteiger partial charge in [0.2, 0.25) is 6.79 Å². The van der Waals surface area contributed by atoms with E-state index < -0.39 is 0 Å². The van der Waals surface area contributed by atoms with Gasteiger partial charge >= 0.3 is 0 Å². The molecule has 8 heteroatoms. The first kappa shape index (κ1) is 17.9. The smallest absolute Gasteiger partial charge is 0.266 e. The largest absolute Gasteiger partial charge is 0.454 e. The Bertz CT molecular complexity index is 948. The molecule has 0 aliphatic carbocycles. The van der Waals surface area contributed by atoms with Crippen LogP contribution in [-0.4, -0.2) is 26.9 Å². The van der Waals surface area contributed by atoms with Crippen LogP contribution in [0.1, 0.15) is 17.5 Å². The van der Waals surface area contributed by atoms with E-state index in [1.165, 1.54) is 18.0 Å². The number of carbonyl (C=O) groups excluding carboxylic acids is 1. The van der Waals surface area contributed by atoms with Crippen LogP contribution in [0, 0.1) is 5.82 Å². The zero-order valence-corrected chi connectivity index (χ0v) is 15.8. The van der Waals surface area contributed by atoms with E-state index in [4.69, 9.17) is 21.7 Å². The molecule has 138 valence electrons. The predicted octanol–water partition coefficient (Wildman–Crippen LogP) is 3.83. The summed E-state index contributed by atoms with van der Waals surface area (Å²) in [4.78, 5) is 18.6. The number of aryl methyl sites for hydroxylation is 1. The Balaban J connectivity index is 1.41. The summed E-state index contributed by atoms with van der Waals surface area (Å²) in [6, 6.07) is 7.22. The molecule has 0 atom stereocenters. The van der Waals surface area contributed by atoms with Crippen LogP contribution in [0.4, 0.5) is 4.39 Å². The first-order valence-corrected chi connectivity index (χ1v) is 9.55. The van der Waals surface area contributed by atoms with Gasteiger partial charge in [-0.05, 0) is 42.2 Å². The summed E-state index contributed by atoms with van der Waals surface area (Å²) >= 11 is 6.63. The maximum absolute atomic E-state index is 13.6. The van der Waals surface area contributed by atoms with Crippen molar-refractivity contribution in [1.82, 2.24) is 9.88 Å². The number of rotatable bonds is 5. The zero-order valence-electron chi connectivity index (χ0n) is 14.2. The lowest BCUT2D eigenvalue weighted by molar-refractivity contribution is -0.122. The van der Waals surface area contributed by atoms with Crippen LogP contribution in [0.25, 0.3) is 0 Å². The molecule has 0 saturated carbocycles. The maximum Gasteiger partial charge on any atom is 0.266 e. The first-order chi connectivity index (χ1) is 13.1. The number of thioether (sulfide) groups is 1. The molecule has 0 N–H and O–H groups in total. The van der Waals surface area contributed by atoms with Crippen LogP contribution in [0.5, 0.6) is 11.5 Å². The number of fused-ring (bicyclic) bond motifs is 1. The second-order valence-electron chi connectivity index (χ2n) is 6.02. The average Bonchev–Trinajstić information content (AvgIpc) is 3.23. The molecule has 27 heavy (non-hydrogen) atoms. The Morgan fingerprint density at radius 1 is 1.30 bits per heavy atom. The Morgan fingerprint density at radius 3 is 3.00 bits per heavy atom. The van der Waals surface area contributed by atoms with Gasteiger partial charge in [0, 0.05) is 6.20 Å². The molecule has 2 aliphatic heterocycles. The molecule has 3 heterocycles. The number of allylic oxidation sites excluding steroid dienone is 1. The molecule has 2 aromatic rings. The lowest BCUT2D eigenvalue weighted by atomic mass is 10.1. The molecule has 1 aromatic heterocycles. The topological polar surface area (TPSA) is 51.7 Å². The minimum absolute atomic E-state index is 0.127. The monoisotopic (exact) mass is 402 g/mol. The summed E-state index contributed by atoms with van der Waals surface area (Å²) in [6.07, 6.45) is 5.62. The van der Waals surface area contributed by atoms with Gasteiger partial charge in [-0.3, -0.25) is 14.7 Å². The van der Waals surface area contributed by atoms with Crippen LogP contribution in [0.15, 0.2) is 47.6 Å². The summed E-state index contributed by atoms with van der Waals surface area (Å²) in [5.74, 6) is 0.916. The molecule has 0 bridgehead atoms. The van der Waals surface area contributed by atoms with Crippen molar-refractivity contribution in [2.75, 3.05) is 6.79 Å². The van der Waals surface area contributed by atoms with Crippen molar-refractivity contribution in [3.05, 3.63) is 64.6 Å². The number of thiocarbonyl (C=S) groups is 1. The number of nitrogens with zero attached hydrogens (tertiary/aromatic N) is 2. The minimum Gasteiger partial charge on any atom is -0.454 e. The maximum atomic E-state index is 13.6. The number of aromatic nitrogens is 1. The number of carbonyl (C=O) groups is 1. The molecule has 1 amide bonds. The molecule has 2 aliphatic rings. The predicted molar refractivity (Wildman–Crippen MR) is 104 cm³/mol. The highest BCUT2D eigenvalue weighted by Gasteiger charge is 2.32. The normalized spacial score (nSPS) is 17.2. The van der Waals surface area contributed by atoms with Crippen molar-refractivity contribution >= 4 is 34.2 Å². The number of amides is 1. The van der Waals surface area contributed by atoms with E-state index >= 15 is 0 Å². The van der Waals surface area contributed by atoms with E-state index in [1.807, 2.05) is 24.3 Å². The second kappa shape index (κ2) is 7.66. The van der Waals surface area contributed by atoms with Gasteiger partial charge in [-0.15, -0.1) is 0 Å². The second-order valence-corrected chi connectivity index (χ2v) is 7.70. The summed E-state index contributed by atoms with van der Waals surface area (Å²) in [5, 5.41) is 0. The van der Waals surface area contributed by atoms with Gasteiger partial charge in [-0.25, -0.2) is 4.39 Å². The van der Waals surface area contributed by atoms with Crippen molar-refractivity contribution in [3.63, 3.8) is 0 Å². The summed E-state index contributed by atoms with van der Waals surface area (Å²) in [5.41, 5.74) is 1.49. The van der Waals surface area contributed by atoms with Crippen molar-refractivity contribution in [2.24, 2.45) is 0 Å². The number of hydrogen-bond donors (Lipinski definition) is 0. The third-order valence-corrected chi connectivity index (χ3v) is 5.68. The third kappa shape index (κ3) is 3.81. The van der Waals surface area contributed by atoms with E-state index in [0.717, 1.165) is 5.56 Å². The number of ether oxygens (including phenoxy) is 2. The number of benzene rings is 1. The van der Waals surface area contributed by atoms with Crippen molar-refractivity contribution in [1.29, 1.82) is 0 Å². The Kier molecular flexibility index (Phi) is 5.09. The van der Waals surface area contributed by atoms with Gasteiger partial charge in [-0.1, -0.05) is 36.1 Å². The number of pyridine rings is 1. The minimum atomic E-state index is -0.332. The van der Waals surface area contributed by atoms with Gasteiger partial charge in [0.15, 0.2) is 11.5 Å². The highest BCUT2D eigenvalue weighted by molar-refractivity contribution is 8.26. The Morgan fingerprint density at radius 2 is 2.15 bits per heavy atom. The van der Waals surface area contributed by atoms with Crippen molar-refractivity contribution in [3.8, 4) is 11.5 Å². The van der Waals surface area contributed by atoms with E-state index in [-0.39, 0.29) is 18.5 Å². The summed E-state index contributed by atoms with van der Waals surface area (Å²) < 4.78 is 24.8. The highest BCUT2D eigenvalue weighted by Crippen LogP contribution is 2.36. The van der Waals surface area contributed by atoms with Gasteiger partial charge in [0.1, 0.15) is 10.1 Å². The van der Waals surface area contributed by atoms with Gasteiger partial charge in [0.25, 0.3) is 5.91 Å². The van der Waals surface area contributed by atoms with Crippen LogP contribution >= 0.6 is 24.0 Å². The molecule has 0 unspecified atom stereocenters. The molecule has 1 fully saturated rings. The van der Waals surface area contributed by atoms with Gasteiger partial charge in [-0.2, -0.15) is 0 Å². The van der Waals surface area contributed by atoms with Crippen LogP contribution in [-0.2, 0) is 17.8 Å². The fourth-order valence-corrected chi connectivity index (χ4v) is 4.12. The molecule has 0 radical (unpaired) electrons. The molecular formula is C19H15FN2O3S2. The summed E-state index contributed by atoms with van der Waals surface area (Å²) in [7, 11) is 0. The Labute approximate surface area is 165 Å². The fourth-order valence-electron chi connectivity index (χ4n) is 2.86. The SMILES string of the molecule is O=C1/C(=C/CCc2ccncc2F)SC(=S)N1Cc1ccc2c(c1)OCO2. The zero-order chi connectivity index (χ0) is 18.8. The van der Waals surface area contributed by atoms with Gasteiger partial charge in [0.05, 0.1) is 17.6 Å². The third-order valence-electron chi connectivity index (χ3n) is 4.25. The van der Waals surface area contributed by atoms with E-state index in [1.54, 1.807) is 17.2 Å². The molecular weight excluding hydrogens is 387 g/mol. The lowest BCUT2D eigenvalue weighted by Crippen LogP contribution is -2.27. The Hall–Kier alpha value is -2.45. The molecule has 1 saturated heterocycles. The number of hydrogen-bond acceptors (Lipinski definition) is 6. The molecule has 0 spiro atoms. The average molecular weight is 402 g/mol. The quantitative estimate of drug-likeness (QED) is 0.560. The standard InChI is InChI=1S/C19H15FN2O3S2/c20-14-9-21-7-6-13(14)2-1-3-17-18(23)22(19(26)27-17)10-12-4-5-15-16(8-12)25-11-24-15/h3-9H,1-2,10-11H2/b17-3-. The van der Waals surface area contributed by atoms with Crippen molar-refractivity contribution in [2.45, 2.75) is 19.4 Å². The summed E-state index contributed by atoms with van der Waals surface area (Å²) in [6.45, 7) is 0.582. The highest BCUT2D eigenvalue weighted by atomic mass is 32.2. The van der Waals surface area contributed by atoms with Crippen molar-refractivity contribution < 1.29 is 18.7 Å². The van der Waals surface area contributed by atoms with Crippen LogP contribution in [0.2, 0.25) is 0 Å². The van der Waals surface area contributed by atoms with Gasteiger partial charge < -0.3 is 9.47 Å². The molecule has 4 rings (SSSR count).